The third-order valence-electron chi connectivity index (χ3n) is 8.98. The molecule has 0 atom stereocenters. The van der Waals surface area contributed by atoms with Crippen molar-refractivity contribution in [3.63, 3.8) is 0 Å². The molecule has 8 rings (SSSR count). The molecule has 3 heterocycles. The van der Waals surface area contributed by atoms with Crippen molar-refractivity contribution in [2.45, 2.75) is 62.7 Å². The number of carbonyl (C=O) groups is 1. The summed E-state index contributed by atoms with van der Waals surface area (Å²) in [5, 5.41) is 18.6. The van der Waals surface area contributed by atoms with Crippen LogP contribution in [0, 0.1) is 11.2 Å². The van der Waals surface area contributed by atoms with Gasteiger partial charge in [0, 0.05) is 40.4 Å². The number of benzene rings is 1. The van der Waals surface area contributed by atoms with E-state index in [2.05, 4.69) is 32.4 Å². The summed E-state index contributed by atoms with van der Waals surface area (Å²) in [7, 11) is 0. The molecule has 41 heavy (non-hydrogen) atoms. The minimum absolute atomic E-state index is 0.0186. The van der Waals surface area contributed by atoms with Crippen LogP contribution in [0.4, 0.5) is 4.39 Å². The summed E-state index contributed by atoms with van der Waals surface area (Å²) < 4.78 is 25.6. The van der Waals surface area contributed by atoms with E-state index in [1.165, 1.54) is 12.1 Å². The number of hydrogen-bond donors (Lipinski definition) is 1. The van der Waals surface area contributed by atoms with Crippen molar-refractivity contribution in [3.8, 4) is 22.6 Å². The largest absolute Gasteiger partial charge is 0.478 e. The van der Waals surface area contributed by atoms with Gasteiger partial charge in [0.2, 0.25) is 11.7 Å². The molecule has 4 aromatic rings. The number of nitrogens with zero attached hydrogens (tertiary/aromatic N) is 4. The number of fused-ring (bicyclic) bond motifs is 3. The Labute approximate surface area is 244 Å². The first kappa shape index (κ1) is 26.3. The third-order valence-corrected chi connectivity index (χ3v) is 9.56. The standard InChI is InChI=1S/C30H25Cl2FN4O4/c31-21-14-34-15-22(32)23(21)24-20(25(40-36-24)16-1-2-16)3-4-29-5-8-30(9-6-29,10-7-29)28-35-26(37-41-28)17-11-18(27(38)39)13-19(33)12-17/h3-4,11-16H,1-2,5-10H2,(H,38,39). The van der Waals surface area contributed by atoms with Gasteiger partial charge in [0.25, 0.3) is 0 Å². The van der Waals surface area contributed by atoms with Crippen molar-refractivity contribution in [2.24, 2.45) is 5.41 Å². The highest BCUT2D eigenvalue weighted by atomic mass is 35.5. The molecule has 4 fully saturated rings. The fourth-order valence-electron chi connectivity index (χ4n) is 6.37. The Morgan fingerprint density at radius 1 is 1.00 bits per heavy atom. The second-order valence-corrected chi connectivity index (χ2v) is 12.3. The maximum atomic E-state index is 14.1. The molecule has 0 unspecified atom stereocenters. The second kappa shape index (κ2) is 9.77. The summed E-state index contributed by atoms with van der Waals surface area (Å²) in [6.07, 6.45) is 15.2. The first-order valence-corrected chi connectivity index (χ1v) is 14.4. The molecule has 1 N–H and O–H groups in total. The molecule has 4 aliphatic rings. The topological polar surface area (TPSA) is 115 Å². The van der Waals surface area contributed by atoms with Crippen LogP contribution in [0.5, 0.6) is 0 Å². The van der Waals surface area contributed by atoms with E-state index < -0.39 is 11.8 Å². The molecule has 3 aromatic heterocycles. The molecule has 4 saturated carbocycles. The van der Waals surface area contributed by atoms with E-state index in [1.807, 2.05) is 0 Å². The van der Waals surface area contributed by atoms with Gasteiger partial charge in [-0.3, -0.25) is 4.98 Å². The van der Waals surface area contributed by atoms with Gasteiger partial charge in [0.15, 0.2) is 0 Å². The summed E-state index contributed by atoms with van der Waals surface area (Å²) in [6, 6.07) is 3.55. The number of aromatic carboxylic acids is 1. The minimum Gasteiger partial charge on any atom is -0.478 e. The normalized spacial score (nSPS) is 23.9. The first-order chi connectivity index (χ1) is 19.8. The van der Waals surface area contributed by atoms with Gasteiger partial charge < -0.3 is 14.2 Å². The van der Waals surface area contributed by atoms with Crippen molar-refractivity contribution in [1.82, 2.24) is 20.3 Å². The number of pyridine rings is 1. The van der Waals surface area contributed by atoms with Crippen LogP contribution in [0.15, 0.2) is 45.7 Å². The Hall–Kier alpha value is -3.56. The SMILES string of the molecule is O=C(O)c1cc(F)cc(-c2noc(C34CCC(C=Cc5c(-c6c(Cl)cncc6Cl)noc5C5CC5)(CC3)CC4)n2)c1. The van der Waals surface area contributed by atoms with E-state index in [1.54, 1.807) is 12.4 Å². The molecular weight excluding hydrogens is 570 g/mol. The lowest BCUT2D eigenvalue weighted by Gasteiger charge is -2.50. The van der Waals surface area contributed by atoms with Crippen LogP contribution in [-0.2, 0) is 5.41 Å². The predicted molar refractivity (Wildman–Crippen MR) is 149 cm³/mol. The quantitative estimate of drug-likeness (QED) is 0.228. The van der Waals surface area contributed by atoms with Crippen molar-refractivity contribution in [1.29, 1.82) is 0 Å². The number of carboxylic acids is 1. The van der Waals surface area contributed by atoms with Crippen LogP contribution in [0.1, 0.15) is 84.9 Å². The smallest absolute Gasteiger partial charge is 0.335 e. The molecule has 0 aliphatic heterocycles. The van der Waals surface area contributed by atoms with Gasteiger partial charge in [-0.2, -0.15) is 4.98 Å². The maximum absolute atomic E-state index is 14.1. The van der Waals surface area contributed by atoms with E-state index in [-0.39, 0.29) is 27.8 Å². The second-order valence-electron chi connectivity index (χ2n) is 11.5. The fourth-order valence-corrected chi connectivity index (χ4v) is 6.92. The van der Waals surface area contributed by atoms with Crippen LogP contribution >= 0.6 is 23.2 Å². The number of aromatic nitrogens is 4. The van der Waals surface area contributed by atoms with Crippen LogP contribution < -0.4 is 0 Å². The van der Waals surface area contributed by atoms with E-state index in [9.17, 15) is 14.3 Å². The van der Waals surface area contributed by atoms with Crippen molar-refractivity contribution in [3.05, 3.63) is 75.3 Å². The summed E-state index contributed by atoms with van der Waals surface area (Å²) in [4.78, 5) is 20.1. The molecule has 0 spiro atoms. The highest BCUT2D eigenvalue weighted by Crippen LogP contribution is 2.58. The van der Waals surface area contributed by atoms with Crippen molar-refractivity contribution >= 4 is 35.2 Å². The molecule has 8 nitrogen and oxygen atoms in total. The summed E-state index contributed by atoms with van der Waals surface area (Å²) in [5.74, 6) is 0.0796. The van der Waals surface area contributed by atoms with Gasteiger partial charge in [-0.05, 0) is 75.0 Å². The molecule has 210 valence electrons. The minimum atomic E-state index is -1.22. The highest BCUT2D eigenvalue weighted by molar-refractivity contribution is 6.39. The molecule has 1 aromatic carbocycles. The molecule has 11 heteroatoms. The summed E-state index contributed by atoms with van der Waals surface area (Å²) >= 11 is 13.0. The van der Waals surface area contributed by atoms with Gasteiger partial charge in [-0.1, -0.05) is 45.7 Å². The molecule has 0 radical (unpaired) electrons. The average molecular weight is 595 g/mol. The predicted octanol–water partition coefficient (Wildman–Crippen LogP) is 8.11. The Morgan fingerprint density at radius 3 is 2.37 bits per heavy atom. The van der Waals surface area contributed by atoms with Crippen molar-refractivity contribution in [2.75, 3.05) is 0 Å². The lowest BCUT2D eigenvalue weighted by atomic mass is 9.53. The van der Waals surface area contributed by atoms with Crippen LogP contribution in [0.3, 0.4) is 0 Å². The van der Waals surface area contributed by atoms with Crippen LogP contribution in [0.2, 0.25) is 10.0 Å². The molecular formula is C30H25Cl2FN4O4. The van der Waals surface area contributed by atoms with Gasteiger partial charge >= 0.3 is 5.97 Å². The Balaban J connectivity index is 1.14. The van der Waals surface area contributed by atoms with E-state index in [0.29, 0.717) is 33.1 Å². The van der Waals surface area contributed by atoms with Crippen LogP contribution in [0.25, 0.3) is 28.7 Å². The summed E-state index contributed by atoms with van der Waals surface area (Å²) in [5.41, 5.74) is 2.09. The van der Waals surface area contributed by atoms with E-state index in [4.69, 9.17) is 32.2 Å². The van der Waals surface area contributed by atoms with Gasteiger partial charge in [0.1, 0.15) is 17.3 Å². The monoisotopic (exact) mass is 594 g/mol. The Morgan fingerprint density at radius 2 is 1.71 bits per heavy atom. The average Bonchev–Trinajstić information content (AvgIpc) is 3.52. The van der Waals surface area contributed by atoms with Gasteiger partial charge in [0.05, 0.1) is 15.6 Å². The first-order valence-electron chi connectivity index (χ1n) is 13.6. The van der Waals surface area contributed by atoms with Gasteiger partial charge in [-0.15, -0.1) is 0 Å². The van der Waals surface area contributed by atoms with E-state index >= 15 is 0 Å². The molecule has 0 amide bonds. The van der Waals surface area contributed by atoms with Crippen LogP contribution in [-0.4, -0.2) is 31.4 Å². The number of allylic oxidation sites excluding steroid dienone is 1. The Bertz CT molecular complexity index is 1670. The zero-order valence-electron chi connectivity index (χ0n) is 21.9. The molecule has 4 aliphatic carbocycles. The zero-order valence-corrected chi connectivity index (χ0v) is 23.4. The molecule has 2 bridgehead atoms. The highest BCUT2D eigenvalue weighted by Gasteiger charge is 2.51. The Kier molecular flexibility index (Phi) is 6.28. The number of carboxylic acid groups (broad SMARTS) is 1. The zero-order chi connectivity index (χ0) is 28.4. The lowest BCUT2D eigenvalue weighted by Crippen LogP contribution is -2.43. The lowest BCUT2D eigenvalue weighted by molar-refractivity contribution is 0.0569. The number of halogens is 3. The number of hydrogen-bond acceptors (Lipinski definition) is 7. The summed E-state index contributed by atoms with van der Waals surface area (Å²) in [6.45, 7) is 0. The number of rotatable bonds is 7. The fraction of sp³-hybridized carbons (Fsp3) is 0.367. The van der Waals surface area contributed by atoms with Crippen molar-refractivity contribution < 1.29 is 23.3 Å². The third kappa shape index (κ3) is 4.65. The van der Waals surface area contributed by atoms with E-state index in [0.717, 1.165) is 68.8 Å². The van der Waals surface area contributed by atoms with Gasteiger partial charge in [-0.25, -0.2) is 9.18 Å². The maximum Gasteiger partial charge on any atom is 0.335 e. The molecule has 0 saturated heterocycles.